The lowest BCUT2D eigenvalue weighted by atomic mass is 9.96. The number of benzene rings is 2. The number of sulfonamides is 1. The van der Waals surface area contributed by atoms with Gasteiger partial charge in [-0.2, -0.15) is 17.5 Å². The van der Waals surface area contributed by atoms with E-state index < -0.39 is 33.5 Å². The average Bonchev–Trinajstić information content (AvgIpc) is 3.10. The SMILES string of the molecule is CC[C@@H](C)[C@H]1NC2(CCN(S(=O)(=O)c3ccc(C)cc3)CC2)N(Cc2cccc(C(F)(F)F)c2)C1=O. The van der Waals surface area contributed by atoms with Crippen molar-refractivity contribution in [2.75, 3.05) is 13.1 Å². The van der Waals surface area contributed by atoms with Crippen molar-refractivity contribution in [3.8, 4) is 0 Å². The van der Waals surface area contributed by atoms with Crippen LogP contribution in [-0.4, -0.2) is 48.3 Å². The number of nitrogens with one attached hydrogen (secondary N) is 1. The molecule has 196 valence electrons. The van der Waals surface area contributed by atoms with Gasteiger partial charge >= 0.3 is 6.18 Å². The normalized spacial score (nSPS) is 21.8. The molecule has 1 N–H and O–H groups in total. The highest BCUT2D eigenvalue weighted by molar-refractivity contribution is 7.89. The number of hydrogen-bond acceptors (Lipinski definition) is 4. The molecule has 1 spiro atoms. The molecule has 2 fully saturated rings. The van der Waals surface area contributed by atoms with Gasteiger partial charge in [0.05, 0.1) is 22.2 Å². The summed E-state index contributed by atoms with van der Waals surface area (Å²) in [5.41, 5.74) is -0.231. The van der Waals surface area contributed by atoms with Gasteiger partial charge in [0.2, 0.25) is 15.9 Å². The van der Waals surface area contributed by atoms with Crippen LogP contribution in [0, 0.1) is 12.8 Å². The number of carbonyl (C=O) groups excluding carboxylic acids is 1. The zero-order chi connectivity index (χ0) is 26.3. The second-order valence-corrected chi connectivity index (χ2v) is 11.8. The van der Waals surface area contributed by atoms with Crippen LogP contribution in [0.25, 0.3) is 0 Å². The summed E-state index contributed by atoms with van der Waals surface area (Å²) < 4.78 is 67.7. The second-order valence-electron chi connectivity index (χ2n) is 9.88. The van der Waals surface area contributed by atoms with Crippen molar-refractivity contribution in [2.45, 2.75) is 69.4 Å². The number of aryl methyl sites for hydroxylation is 1. The lowest BCUT2D eigenvalue weighted by Gasteiger charge is -2.44. The lowest BCUT2D eigenvalue weighted by Crippen LogP contribution is -2.59. The molecule has 4 rings (SSSR count). The Morgan fingerprint density at radius 1 is 1.11 bits per heavy atom. The van der Waals surface area contributed by atoms with Crippen molar-refractivity contribution in [1.29, 1.82) is 0 Å². The van der Waals surface area contributed by atoms with Crippen LogP contribution in [0.4, 0.5) is 13.2 Å². The molecule has 2 heterocycles. The Labute approximate surface area is 210 Å². The van der Waals surface area contributed by atoms with Gasteiger partial charge in [-0.15, -0.1) is 0 Å². The fourth-order valence-corrected chi connectivity index (χ4v) is 6.50. The number of hydrogen-bond donors (Lipinski definition) is 1. The quantitative estimate of drug-likeness (QED) is 0.604. The summed E-state index contributed by atoms with van der Waals surface area (Å²) in [4.78, 5) is 15.4. The summed E-state index contributed by atoms with van der Waals surface area (Å²) in [5, 5.41) is 3.47. The molecule has 0 bridgehead atoms. The molecule has 2 saturated heterocycles. The van der Waals surface area contributed by atoms with Gasteiger partial charge in [-0.25, -0.2) is 8.42 Å². The van der Waals surface area contributed by atoms with Crippen LogP contribution in [-0.2, 0) is 27.5 Å². The van der Waals surface area contributed by atoms with Gasteiger partial charge in [0.25, 0.3) is 0 Å². The van der Waals surface area contributed by atoms with Crippen molar-refractivity contribution in [2.24, 2.45) is 5.92 Å². The minimum Gasteiger partial charge on any atom is -0.319 e. The number of alkyl halides is 3. The van der Waals surface area contributed by atoms with Gasteiger partial charge in [0, 0.05) is 19.6 Å². The predicted molar refractivity (Wildman–Crippen MR) is 130 cm³/mol. The third kappa shape index (κ3) is 5.03. The first kappa shape index (κ1) is 26.6. The van der Waals surface area contributed by atoms with E-state index in [1.54, 1.807) is 35.2 Å². The predicted octanol–water partition coefficient (Wildman–Crippen LogP) is 4.54. The van der Waals surface area contributed by atoms with Crippen molar-refractivity contribution >= 4 is 15.9 Å². The highest BCUT2D eigenvalue weighted by Crippen LogP contribution is 2.38. The van der Waals surface area contributed by atoms with Crippen LogP contribution in [0.5, 0.6) is 0 Å². The topological polar surface area (TPSA) is 69.7 Å². The van der Waals surface area contributed by atoms with E-state index in [1.165, 1.54) is 10.4 Å². The molecule has 2 aromatic rings. The third-order valence-electron chi connectivity index (χ3n) is 7.49. The summed E-state index contributed by atoms with van der Waals surface area (Å²) in [7, 11) is -3.69. The Bertz CT molecular complexity index is 1210. The first-order valence-corrected chi connectivity index (χ1v) is 13.6. The number of carbonyl (C=O) groups is 1. The monoisotopic (exact) mass is 523 g/mol. The fourth-order valence-electron chi connectivity index (χ4n) is 5.06. The molecule has 0 unspecified atom stereocenters. The van der Waals surface area contributed by atoms with E-state index in [0.717, 1.165) is 24.1 Å². The van der Waals surface area contributed by atoms with Crippen LogP contribution in [0.15, 0.2) is 53.4 Å². The average molecular weight is 524 g/mol. The van der Waals surface area contributed by atoms with Crippen LogP contribution in [0.3, 0.4) is 0 Å². The maximum atomic E-state index is 13.5. The number of halogens is 3. The highest BCUT2D eigenvalue weighted by atomic mass is 32.2. The maximum absolute atomic E-state index is 13.5. The van der Waals surface area contributed by atoms with Crippen molar-refractivity contribution in [3.05, 3.63) is 65.2 Å². The summed E-state index contributed by atoms with van der Waals surface area (Å²) in [5.74, 6) is -0.133. The van der Waals surface area contributed by atoms with E-state index in [2.05, 4.69) is 5.32 Å². The van der Waals surface area contributed by atoms with Gasteiger partial charge in [-0.05, 0) is 55.5 Å². The Kier molecular flexibility index (Phi) is 7.24. The van der Waals surface area contributed by atoms with Gasteiger partial charge in [0.15, 0.2) is 0 Å². The molecule has 10 heteroatoms. The van der Waals surface area contributed by atoms with Crippen molar-refractivity contribution in [1.82, 2.24) is 14.5 Å². The lowest BCUT2D eigenvalue weighted by molar-refractivity contribution is -0.137. The van der Waals surface area contributed by atoms with Gasteiger partial charge in [-0.1, -0.05) is 50.1 Å². The van der Waals surface area contributed by atoms with Crippen LogP contribution >= 0.6 is 0 Å². The van der Waals surface area contributed by atoms with Gasteiger partial charge < -0.3 is 4.90 Å². The Morgan fingerprint density at radius 3 is 2.33 bits per heavy atom. The number of piperidine rings is 1. The van der Waals surface area contributed by atoms with E-state index in [4.69, 9.17) is 0 Å². The molecule has 0 saturated carbocycles. The molecule has 2 aliphatic rings. The highest BCUT2D eigenvalue weighted by Gasteiger charge is 2.53. The molecule has 1 amide bonds. The molecule has 0 aromatic heterocycles. The summed E-state index contributed by atoms with van der Waals surface area (Å²) in [6.07, 6.45) is -3.04. The molecule has 2 aliphatic heterocycles. The van der Waals surface area contributed by atoms with Crippen molar-refractivity contribution < 1.29 is 26.4 Å². The fraction of sp³-hybridized carbons (Fsp3) is 0.500. The summed E-state index contributed by atoms with van der Waals surface area (Å²) >= 11 is 0. The molecule has 0 aliphatic carbocycles. The van der Waals surface area contributed by atoms with E-state index >= 15 is 0 Å². The Balaban J connectivity index is 1.60. The number of nitrogens with zero attached hydrogens (tertiary/aromatic N) is 2. The molecule has 0 radical (unpaired) electrons. The molecule has 36 heavy (non-hydrogen) atoms. The minimum absolute atomic E-state index is 0.0212. The molecular weight excluding hydrogens is 491 g/mol. The van der Waals surface area contributed by atoms with Crippen LogP contribution < -0.4 is 5.32 Å². The molecule has 2 atom stereocenters. The van der Waals surface area contributed by atoms with Gasteiger partial charge in [-0.3, -0.25) is 10.1 Å². The molecular formula is C26H32F3N3O3S. The van der Waals surface area contributed by atoms with Crippen LogP contribution in [0.2, 0.25) is 0 Å². The smallest absolute Gasteiger partial charge is 0.319 e. The zero-order valence-electron chi connectivity index (χ0n) is 20.7. The maximum Gasteiger partial charge on any atom is 0.416 e. The Morgan fingerprint density at radius 2 is 1.75 bits per heavy atom. The van der Waals surface area contributed by atoms with Gasteiger partial charge in [0.1, 0.15) is 0 Å². The first-order valence-electron chi connectivity index (χ1n) is 12.2. The van der Waals surface area contributed by atoms with E-state index in [0.29, 0.717) is 18.4 Å². The zero-order valence-corrected chi connectivity index (χ0v) is 21.5. The molecule has 2 aromatic carbocycles. The van der Waals surface area contributed by atoms with Crippen molar-refractivity contribution in [3.63, 3.8) is 0 Å². The number of amides is 1. The Hall–Kier alpha value is -2.43. The summed E-state index contributed by atoms with van der Waals surface area (Å²) in [6.45, 7) is 6.25. The standard InChI is InChI=1S/C26H32F3N3O3S/c1-4-19(3)23-24(33)32(17-20-6-5-7-21(16-20)26(27,28)29)25(30-23)12-14-31(15-13-25)36(34,35)22-10-8-18(2)9-11-22/h5-11,16,19,23,30H,4,12-15,17H2,1-3H3/t19-,23-/m1/s1. The first-order chi connectivity index (χ1) is 16.9. The minimum atomic E-state index is -4.48. The largest absolute Gasteiger partial charge is 0.416 e. The van der Waals surface area contributed by atoms with E-state index in [1.807, 2.05) is 20.8 Å². The second kappa shape index (κ2) is 9.79. The third-order valence-corrected chi connectivity index (χ3v) is 9.40. The molecule has 6 nitrogen and oxygen atoms in total. The van der Waals surface area contributed by atoms with Crippen LogP contribution in [0.1, 0.15) is 49.8 Å². The van der Waals surface area contributed by atoms with E-state index in [-0.39, 0.29) is 36.4 Å². The number of rotatable bonds is 6. The summed E-state index contributed by atoms with van der Waals surface area (Å²) in [6, 6.07) is 11.2. The van der Waals surface area contributed by atoms with E-state index in [9.17, 15) is 26.4 Å².